The van der Waals surface area contributed by atoms with E-state index >= 15 is 0 Å². The van der Waals surface area contributed by atoms with Crippen molar-refractivity contribution in [2.75, 3.05) is 0 Å². The average molecular weight is 560 g/mol. The molecule has 11 heteroatoms. The van der Waals surface area contributed by atoms with Crippen LogP contribution in [0.25, 0.3) is 11.0 Å². The maximum absolute atomic E-state index is 13.7. The maximum atomic E-state index is 13.7. The van der Waals surface area contributed by atoms with Gasteiger partial charge in [0.05, 0.1) is 14.5 Å². The van der Waals surface area contributed by atoms with Gasteiger partial charge in [-0.05, 0) is 49.5 Å². The molecule has 0 atom stereocenters. The van der Waals surface area contributed by atoms with Crippen LogP contribution < -0.4 is 25.9 Å². The lowest BCUT2D eigenvalue weighted by molar-refractivity contribution is -0.132. The van der Waals surface area contributed by atoms with Crippen LogP contribution in [-0.4, -0.2) is 41.3 Å². The molecule has 0 saturated heterocycles. The van der Waals surface area contributed by atoms with Crippen LogP contribution in [-0.2, 0) is 16.0 Å². The molecule has 3 rings (SSSR count). The highest BCUT2D eigenvalue weighted by Crippen LogP contribution is 2.36. The van der Waals surface area contributed by atoms with Crippen molar-refractivity contribution in [3.63, 3.8) is 0 Å². The van der Waals surface area contributed by atoms with E-state index in [4.69, 9.17) is 13.9 Å². The van der Waals surface area contributed by atoms with E-state index in [1.165, 1.54) is 13.8 Å². The minimum absolute atomic E-state index is 0.224. The molecule has 0 saturated carbocycles. The van der Waals surface area contributed by atoms with Crippen LogP contribution in [0.3, 0.4) is 0 Å². The molecule has 32 heavy (non-hydrogen) atoms. The van der Waals surface area contributed by atoms with Crippen LogP contribution in [0.15, 0.2) is 25.5 Å². The van der Waals surface area contributed by atoms with Gasteiger partial charge in [0.25, 0.3) is 0 Å². The molecule has 0 N–H and O–H groups in total. The van der Waals surface area contributed by atoms with Crippen molar-refractivity contribution < 1.29 is 28.3 Å². The zero-order chi connectivity index (χ0) is 23.9. The Labute approximate surface area is 204 Å². The molecule has 6 nitrogen and oxygen atoms in total. The largest absolute Gasteiger partial charge is 0.461 e. The number of hydrogen-bond acceptors (Lipinski definition) is 6. The van der Waals surface area contributed by atoms with E-state index in [2.05, 4.69) is 31.9 Å². The number of benzene rings is 2. The third kappa shape index (κ3) is 4.32. The minimum atomic E-state index is -0.468. The highest BCUT2D eigenvalue weighted by atomic mass is 79.9. The van der Waals surface area contributed by atoms with Gasteiger partial charge >= 0.3 is 11.9 Å². The highest BCUT2D eigenvalue weighted by Gasteiger charge is 2.27. The number of rotatable bonds is 5. The molecule has 3 aromatic rings. The second-order valence-electron chi connectivity index (χ2n) is 7.45. The van der Waals surface area contributed by atoms with Crippen LogP contribution in [0.4, 0.5) is 0 Å². The van der Waals surface area contributed by atoms with Crippen LogP contribution >= 0.6 is 31.9 Å². The summed E-state index contributed by atoms with van der Waals surface area (Å²) in [5, 5.41) is 0.703. The summed E-state index contributed by atoms with van der Waals surface area (Å²) in [6, 6.07) is 3.23. The van der Waals surface area contributed by atoms with Gasteiger partial charge in [0.2, 0.25) is 0 Å². The van der Waals surface area contributed by atoms with Gasteiger partial charge < -0.3 is 13.9 Å². The van der Waals surface area contributed by atoms with Crippen molar-refractivity contribution in [3.8, 4) is 11.5 Å². The first kappa shape index (κ1) is 24.4. The monoisotopic (exact) mass is 558 g/mol. The van der Waals surface area contributed by atoms with Crippen molar-refractivity contribution in [3.05, 3.63) is 38.0 Å². The lowest BCUT2D eigenvalue weighted by Crippen LogP contribution is -2.35. The van der Waals surface area contributed by atoms with Crippen molar-refractivity contribution >= 4 is 100 Å². The van der Waals surface area contributed by atoms with E-state index in [0.717, 1.165) is 10.9 Å². The molecule has 0 amide bonds. The van der Waals surface area contributed by atoms with Crippen molar-refractivity contribution in [2.24, 2.45) is 0 Å². The van der Waals surface area contributed by atoms with E-state index < -0.39 is 11.9 Å². The molecule has 1 heterocycles. The van der Waals surface area contributed by atoms with Gasteiger partial charge in [0, 0.05) is 31.2 Å². The molecule has 0 spiro atoms. The van der Waals surface area contributed by atoms with Gasteiger partial charge in [-0.1, -0.05) is 17.8 Å². The molecule has 2 aromatic carbocycles. The summed E-state index contributed by atoms with van der Waals surface area (Å²) in [7, 11) is 5.55. The second kappa shape index (κ2) is 9.31. The molecular weight excluding hydrogens is 540 g/mol. The van der Waals surface area contributed by atoms with Gasteiger partial charge in [-0.25, -0.2) is 0 Å². The van der Waals surface area contributed by atoms with E-state index in [1.807, 2.05) is 30.5 Å². The quantitative estimate of drug-likeness (QED) is 0.195. The Kier molecular flexibility index (Phi) is 7.10. The zero-order valence-electron chi connectivity index (χ0n) is 18.6. The summed E-state index contributed by atoms with van der Waals surface area (Å²) >= 11 is 6.76. The molecular formula is C21H19B3Br2O6. The summed E-state index contributed by atoms with van der Waals surface area (Å²) in [5.41, 5.74) is 3.65. The number of hydrogen-bond donors (Lipinski definition) is 0. The highest BCUT2D eigenvalue weighted by molar-refractivity contribution is 9.11. The zero-order valence-corrected chi connectivity index (χ0v) is 21.7. The van der Waals surface area contributed by atoms with E-state index in [-0.39, 0.29) is 5.78 Å². The Morgan fingerprint density at radius 3 is 1.94 bits per heavy atom. The predicted octanol–water partition coefficient (Wildman–Crippen LogP) is 0.377. The van der Waals surface area contributed by atoms with Gasteiger partial charge in [0.15, 0.2) is 11.5 Å². The summed E-state index contributed by atoms with van der Waals surface area (Å²) in [5.74, 6) is 0.191. The van der Waals surface area contributed by atoms with Crippen molar-refractivity contribution in [1.82, 2.24) is 0 Å². The fourth-order valence-electron chi connectivity index (χ4n) is 3.70. The number of fused-ring (bicyclic) bond motifs is 1. The molecule has 0 unspecified atom stereocenters. The molecule has 0 bridgehead atoms. The Bertz CT molecular complexity index is 1280. The number of aryl methyl sites for hydroxylation is 1. The Balaban J connectivity index is 2.26. The van der Waals surface area contributed by atoms with Gasteiger partial charge in [-0.15, -0.1) is 0 Å². The predicted molar refractivity (Wildman–Crippen MR) is 138 cm³/mol. The fourth-order valence-corrected chi connectivity index (χ4v) is 5.05. The Morgan fingerprint density at radius 2 is 1.44 bits per heavy atom. The van der Waals surface area contributed by atoms with Crippen LogP contribution in [0, 0.1) is 0 Å². The lowest BCUT2D eigenvalue weighted by atomic mass is 9.73. The number of ether oxygens (including phenoxy) is 2. The number of halogens is 2. The number of carbonyl (C=O) groups excluding carboxylic acids is 3. The molecule has 0 fully saturated rings. The molecule has 162 valence electrons. The normalized spacial score (nSPS) is 10.9. The molecule has 0 radical (unpaired) electrons. The molecule has 0 aliphatic carbocycles. The molecule has 1 aromatic heterocycles. The minimum Gasteiger partial charge on any atom is -0.461 e. The number of ketones is 1. The smallest absolute Gasteiger partial charge is 0.308 e. The summed E-state index contributed by atoms with van der Waals surface area (Å²) in [4.78, 5) is 36.7. The lowest BCUT2D eigenvalue weighted by Gasteiger charge is -2.14. The standard InChI is InChI=1S/C21H19B3Br2O6/c1-4-12-13(18(29)9-5-10(25)19(11(26)6-9)30-7(2)27)14-15(22)16(23)21(31-8(3)28)17(24)20(14)32-12/h5-6H,4,22-24H2,1-3H3. The SMILES string of the molecule is Bc1c(OC(C)=O)c(B)c2oc(CC)c(C(=O)c3cc(Br)c(OC(C)=O)c(Br)c3)c2c1B. The fraction of sp³-hybridized carbons (Fsp3) is 0.190. The summed E-state index contributed by atoms with van der Waals surface area (Å²) in [6.45, 7) is 4.57. The average Bonchev–Trinajstić information content (AvgIpc) is 3.11. The van der Waals surface area contributed by atoms with Gasteiger partial charge in [0.1, 0.15) is 40.6 Å². The Morgan fingerprint density at radius 1 is 0.906 bits per heavy atom. The number of furan rings is 1. The third-order valence-corrected chi connectivity index (χ3v) is 6.42. The first-order valence-corrected chi connectivity index (χ1v) is 11.5. The van der Waals surface area contributed by atoms with E-state index in [1.54, 1.807) is 12.1 Å². The van der Waals surface area contributed by atoms with Crippen LogP contribution in [0.2, 0.25) is 0 Å². The van der Waals surface area contributed by atoms with Crippen LogP contribution in [0.1, 0.15) is 42.5 Å². The van der Waals surface area contributed by atoms with Crippen molar-refractivity contribution in [2.45, 2.75) is 27.2 Å². The maximum Gasteiger partial charge on any atom is 0.308 e. The van der Waals surface area contributed by atoms with E-state index in [0.29, 0.717) is 60.2 Å². The molecule has 0 aliphatic heterocycles. The van der Waals surface area contributed by atoms with Gasteiger partial charge in [-0.2, -0.15) is 0 Å². The first-order chi connectivity index (χ1) is 15.0. The van der Waals surface area contributed by atoms with Crippen LogP contribution in [0.5, 0.6) is 11.5 Å². The molecule has 0 aliphatic rings. The van der Waals surface area contributed by atoms with E-state index in [9.17, 15) is 14.4 Å². The van der Waals surface area contributed by atoms with Crippen molar-refractivity contribution in [1.29, 1.82) is 0 Å². The third-order valence-electron chi connectivity index (χ3n) is 5.24. The second-order valence-corrected chi connectivity index (χ2v) is 9.16. The first-order valence-electron chi connectivity index (χ1n) is 9.93. The topological polar surface area (TPSA) is 82.8 Å². The number of esters is 2. The van der Waals surface area contributed by atoms with Gasteiger partial charge in [-0.3, -0.25) is 14.4 Å². The summed E-state index contributed by atoms with van der Waals surface area (Å²) in [6.07, 6.45) is 0.504. The Hall–Kier alpha value is -2.26. The number of carbonyl (C=O) groups is 3. The summed E-state index contributed by atoms with van der Waals surface area (Å²) < 4.78 is 17.7.